The Hall–Kier alpha value is -2.03. The first-order valence-corrected chi connectivity index (χ1v) is 10.8. The first-order chi connectivity index (χ1) is 13.4. The lowest BCUT2D eigenvalue weighted by Gasteiger charge is -2.17. The van der Waals surface area contributed by atoms with Gasteiger partial charge in [-0.25, -0.2) is 4.98 Å². The zero-order chi connectivity index (χ0) is 20.5. The van der Waals surface area contributed by atoms with Crippen LogP contribution in [-0.4, -0.2) is 46.9 Å². The minimum absolute atomic E-state index is 0.114. The number of nitrogens with zero attached hydrogens (tertiary/aromatic N) is 1. The molecule has 7 nitrogen and oxygen atoms in total. The van der Waals surface area contributed by atoms with Gasteiger partial charge in [0.05, 0.1) is 18.0 Å². The summed E-state index contributed by atoms with van der Waals surface area (Å²) in [6.07, 6.45) is -0.498. The van der Waals surface area contributed by atoms with Crippen molar-refractivity contribution >= 4 is 16.7 Å². The van der Waals surface area contributed by atoms with Crippen LogP contribution in [0.2, 0.25) is 0 Å². The average molecular weight is 409 g/mol. The molecule has 0 saturated carbocycles. The van der Waals surface area contributed by atoms with Gasteiger partial charge < -0.3 is 19.2 Å². The van der Waals surface area contributed by atoms with E-state index in [1.807, 2.05) is 45.0 Å². The van der Waals surface area contributed by atoms with Gasteiger partial charge in [-0.15, -0.1) is 0 Å². The van der Waals surface area contributed by atoms with Crippen LogP contribution in [0.1, 0.15) is 30.9 Å². The maximum atomic E-state index is 12.4. The van der Waals surface area contributed by atoms with E-state index in [-0.39, 0.29) is 24.0 Å². The fourth-order valence-electron chi connectivity index (χ4n) is 2.52. The van der Waals surface area contributed by atoms with E-state index in [1.54, 1.807) is 6.92 Å². The Morgan fingerprint density at radius 2 is 1.82 bits per heavy atom. The van der Waals surface area contributed by atoms with E-state index in [0.717, 1.165) is 11.1 Å². The van der Waals surface area contributed by atoms with Crippen molar-refractivity contribution in [1.29, 1.82) is 0 Å². The molecule has 1 aromatic heterocycles. The second kappa shape index (κ2) is 11.1. The Morgan fingerprint density at radius 1 is 1.18 bits per heavy atom. The standard InChI is InChI=1S/C20H28N2O5S/c1-5-25-19(26-6-2)11-21-18(23)13-28(24)12-17-15(4)27-20(22-17)16-9-7-14(3)8-10-16/h7-10,19H,5-6,11-13H2,1-4H3,(H,21,23). The van der Waals surface area contributed by atoms with Gasteiger partial charge in [0, 0.05) is 29.6 Å². The number of aromatic nitrogens is 1. The highest BCUT2D eigenvalue weighted by Gasteiger charge is 2.17. The molecule has 1 N–H and O–H groups in total. The molecular weight excluding hydrogens is 380 g/mol. The summed E-state index contributed by atoms with van der Waals surface area (Å²) >= 11 is 0. The SMILES string of the molecule is CCOC(CNC(=O)CS(=O)Cc1nc(-c2ccc(C)cc2)oc1C)OCC. The largest absolute Gasteiger partial charge is 0.441 e. The fraction of sp³-hybridized carbons (Fsp3) is 0.500. The van der Waals surface area contributed by atoms with Gasteiger partial charge in [0.25, 0.3) is 0 Å². The third-order valence-electron chi connectivity index (χ3n) is 3.95. The fourth-order valence-corrected chi connectivity index (χ4v) is 3.59. The van der Waals surface area contributed by atoms with Crippen molar-refractivity contribution < 1.29 is 22.9 Å². The summed E-state index contributed by atoms with van der Waals surface area (Å²) in [7, 11) is -1.40. The number of oxazole rings is 1. The van der Waals surface area contributed by atoms with Crippen LogP contribution in [0.5, 0.6) is 0 Å². The van der Waals surface area contributed by atoms with Gasteiger partial charge in [-0.05, 0) is 39.8 Å². The molecule has 0 bridgehead atoms. The zero-order valence-corrected chi connectivity index (χ0v) is 17.6. The highest BCUT2D eigenvalue weighted by Crippen LogP contribution is 2.22. The van der Waals surface area contributed by atoms with E-state index in [0.29, 0.717) is 30.6 Å². The average Bonchev–Trinajstić information content (AvgIpc) is 3.01. The van der Waals surface area contributed by atoms with Crippen molar-refractivity contribution in [3.8, 4) is 11.5 Å². The summed E-state index contributed by atoms with van der Waals surface area (Å²) in [5.41, 5.74) is 2.61. The van der Waals surface area contributed by atoms with Crippen molar-refractivity contribution in [1.82, 2.24) is 10.3 Å². The number of hydrogen-bond acceptors (Lipinski definition) is 6. The predicted molar refractivity (Wildman–Crippen MR) is 108 cm³/mol. The van der Waals surface area contributed by atoms with E-state index in [9.17, 15) is 9.00 Å². The minimum atomic E-state index is -1.40. The Morgan fingerprint density at radius 3 is 2.43 bits per heavy atom. The number of amides is 1. The van der Waals surface area contributed by atoms with E-state index < -0.39 is 17.1 Å². The summed E-state index contributed by atoms with van der Waals surface area (Å²) in [6.45, 7) is 8.70. The van der Waals surface area contributed by atoms with Crippen LogP contribution < -0.4 is 5.32 Å². The lowest BCUT2D eigenvalue weighted by molar-refractivity contribution is -0.139. The van der Waals surface area contributed by atoms with Crippen molar-refractivity contribution in [2.75, 3.05) is 25.5 Å². The van der Waals surface area contributed by atoms with Crippen LogP contribution in [0.15, 0.2) is 28.7 Å². The maximum Gasteiger partial charge on any atom is 0.232 e. The van der Waals surface area contributed by atoms with Crippen molar-refractivity contribution in [3.63, 3.8) is 0 Å². The summed E-state index contributed by atoms with van der Waals surface area (Å²) in [6, 6.07) is 7.83. The third kappa shape index (κ3) is 6.85. The molecule has 0 saturated heterocycles. The molecule has 1 heterocycles. The number of benzene rings is 1. The third-order valence-corrected chi connectivity index (χ3v) is 5.13. The molecule has 28 heavy (non-hydrogen) atoms. The molecule has 2 aromatic rings. The Bertz CT molecular complexity index is 782. The molecule has 0 spiro atoms. The maximum absolute atomic E-state index is 12.4. The monoisotopic (exact) mass is 408 g/mol. The van der Waals surface area contributed by atoms with Crippen LogP contribution in [0, 0.1) is 13.8 Å². The first kappa shape index (κ1) is 22.3. The van der Waals surface area contributed by atoms with Gasteiger partial charge in [-0.1, -0.05) is 17.7 Å². The molecule has 0 radical (unpaired) electrons. The number of aryl methyl sites for hydroxylation is 2. The molecule has 1 atom stereocenters. The number of ether oxygens (including phenoxy) is 2. The van der Waals surface area contributed by atoms with E-state index in [4.69, 9.17) is 13.9 Å². The molecule has 8 heteroatoms. The van der Waals surface area contributed by atoms with Gasteiger partial charge in [0.15, 0.2) is 6.29 Å². The van der Waals surface area contributed by atoms with Crippen LogP contribution in [0.3, 0.4) is 0 Å². The van der Waals surface area contributed by atoms with Crippen molar-refractivity contribution in [2.24, 2.45) is 0 Å². The van der Waals surface area contributed by atoms with Gasteiger partial charge in [0.2, 0.25) is 11.8 Å². The molecule has 0 aliphatic heterocycles. The summed E-state index contributed by atoms with van der Waals surface area (Å²) in [5, 5.41) is 2.69. The highest BCUT2D eigenvalue weighted by molar-refractivity contribution is 7.84. The lowest BCUT2D eigenvalue weighted by atomic mass is 10.1. The Kier molecular flexibility index (Phi) is 8.82. The quantitative estimate of drug-likeness (QED) is 0.575. The van der Waals surface area contributed by atoms with Crippen LogP contribution in [0.25, 0.3) is 11.5 Å². The van der Waals surface area contributed by atoms with E-state index in [2.05, 4.69) is 10.3 Å². The first-order valence-electron chi connectivity index (χ1n) is 9.31. The summed E-state index contributed by atoms with van der Waals surface area (Å²) in [5.74, 6) is 0.830. The topological polar surface area (TPSA) is 90.7 Å². The molecule has 1 amide bonds. The van der Waals surface area contributed by atoms with Crippen LogP contribution in [0.4, 0.5) is 0 Å². The molecule has 0 aliphatic rings. The second-order valence-corrected chi connectivity index (χ2v) is 7.72. The number of hydrogen-bond donors (Lipinski definition) is 1. The Labute approximate surface area is 168 Å². The summed E-state index contributed by atoms with van der Waals surface area (Å²) in [4.78, 5) is 16.5. The molecule has 1 unspecified atom stereocenters. The highest BCUT2D eigenvalue weighted by atomic mass is 32.2. The van der Waals surface area contributed by atoms with Gasteiger partial charge in [-0.2, -0.15) is 0 Å². The molecule has 1 aromatic carbocycles. The lowest BCUT2D eigenvalue weighted by Crippen LogP contribution is -2.37. The molecule has 2 rings (SSSR count). The van der Waals surface area contributed by atoms with Gasteiger partial charge in [0.1, 0.15) is 11.5 Å². The molecule has 154 valence electrons. The smallest absolute Gasteiger partial charge is 0.232 e. The minimum Gasteiger partial charge on any atom is -0.441 e. The van der Waals surface area contributed by atoms with Gasteiger partial charge >= 0.3 is 0 Å². The summed E-state index contributed by atoms with van der Waals surface area (Å²) < 4.78 is 28.8. The number of nitrogens with one attached hydrogen (secondary N) is 1. The predicted octanol–water partition coefficient (Wildman–Crippen LogP) is 2.72. The zero-order valence-electron chi connectivity index (χ0n) is 16.8. The second-order valence-electron chi connectivity index (χ2n) is 6.26. The van der Waals surface area contributed by atoms with E-state index in [1.165, 1.54) is 0 Å². The van der Waals surface area contributed by atoms with Crippen molar-refractivity contribution in [3.05, 3.63) is 41.3 Å². The Balaban J connectivity index is 1.88. The van der Waals surface area contributed by atoms with Gasteiger partial charge in [-0.3, -0.25) is 9.00 Å². The van der Waals surface area contributed by atoms with Crippen molar-refractivity contribution in [2.45, 2.75) is 39.7 Å². The van der Waals surface area contributed by atoms with E-state index >= 15 is 0 Å². The number of rotatable bonds is 11. The normalized spacial score (nSPS) is 12.3. The molecule has 0 aliphatic carbocycles. The van der Waals surface area contributed by atoms with Crippen LogP contribution >= 0.6 is 0 Å². The van der Waals surface area contributed by atoms with Crippen LogP contribution in [-0.2, 0) is 30.8 Å². The molecule has 0 fully saturated rings. The molecular formula is C20H28N2O5S. The number of carbonyl (C=O) groups excluding carboxylic acids is 1. The number of carbonyl (C=O) groups is 1.